The molecule has 3 aromatic rings. The number of nitrogens with zero attached hydrogens (tertiary/aromatic N) is 6. The van der Waals surface area contributed by atoms with Crippen molar-refractivity contribution in [3.05, 3.63) is 48.3 Å². The van der Waals surface area contributed by atoms with E-state index < -0.39 is 0 Å². The summed E-state index contributed by atoms with van der Waals surface area (Å²) in [6.07, 6.45) is 0. The van der Waals surface area contributed by atoms with Gasteiger partial charge in [0.1, 0.15) is 9.88 Å². The number of aryl methyl sites for hydroxylation is 4. The number of amides is 1. The molecule has 0 aromatic carbocycles. The Morgan fingerprint density at radius 2 is 1.77 bits per heavy atom. The van der Waals surface area contributed by atoms with Crippen LogP contribution in [0, 0.1) is 27.7 Å². The fraction of sp³-hybridized carbons (Fsp3) is 0.476. The molecule has 10 heteroatoms. The largest absolute Gasteiger partial charge is 0.335 e. The Morgan fingerprint density at radius 3 is 2.42 bits per heavy atom. The molecular formula is C21H26N6O2S2. The molecule has 0 unspecified atom stereocenters. The average molecular weight is 459 g/mol. The van der Waals surface area contributed by atoms with Crippen molar-refractivity contribution in [2.24, 2.45) is 7.05 Å². The molecule has 1 amide bonds. The molecule has 3 aromatic heterocycles. The number of hydrogen-bond acceptors (Lipinski definition) is 8. The van der Waals surface area contributed by atoms with Gasteiger partial charge in [-0.25, -0.2) is 14.6 Å². The fourth-order valence-electron chi connectivity index (χ4n) is 3.76. The summed E-state index contributed by atoms with van der Waals surface area (Å²) in [5.74, 6) is -0.00865. The van der Waals surface area contributed by atoms with Crippen LogP contribution in [0.2, 0.25) is 0 Å². The van der Waals surface area contributed by atoms with Crippen molar-refractivity contribution in [1.82, 2.24) is 29.5 Å². The van der Waals surface area contributed by atoms with Gasteiger partial charge >= 0.3 is 0 Å². The summed E-state index contributed by atoms with van der Waals surface area (Å²) in [6.45, 7) is 11.4. The third-order valence-corrected chi connectivity index (χ3v) is 7.63. The molecule has 0 atom stereocenters. The number of aromatic nitrogens is 4. The highest BCUT2D eigenvalue weighted by Crippen LogP contribution is 2.29. The monoisotopic (exact) mass is 458 g/mol. The van der Waals surface area contributed by atoms with Crippen molar-refractivity contribution in [2.45, 2.75) is 34.2 Å². The van der Waals surface area contributed by atoms with E-state index in [4.69, 9.17) is 0 Å². The van der Waals surface area contributed by atoms with Gasteiger partial charge in [-0.1, -0.05) is 0 Å². The van der Waals surface area contributed by atoms with Crippen molar-refractivity contribution < 1.29 is 4.79 Å². The summed E-state index contributed by atoms with van der Waals surface area (Å²) >= 11 is 2.97. The Balaban J connectivity index is 1.50. The van der Waals surface area contributed by atoms with Gasteiger partial charge in [-0.05, 0) is 33.3 Å². The lowest BCUT2D eigenvalue weighted by Gasteiger charge is -2.34. The first-order valence-corrected chi connectivity index (χ1v) is 11.9. The molecule has 0 saturated carbocycles. The number of carbonyl (C=O) groups excluding carboxylic acids is 1. The minimum absolute atomic E-state index is 0.00865. The molecule has 4 heterocycles. The minimum atomic E-state index is -0.193. The van der Waals surface area contributed by atoms with Gasteiger partial charge in [-0.2, -0.15) is 5.10 Å². The van der Waals surface area contributed by atoms with Crippen LogP contribution in [0.3, 0.4) is 0 Å². The van der Waals surface area contributed by atoms with Crippen LogP contribution in [0.1, 0.15) is 37.3 Å². The third kappa shape index (κ3) is 4.32. The summed E-state index contributed by atoms with van der Waals surface area (Å²) in [6, 6.07) is 0. The van der Waals surface area contributed by atoms with E-state index in [-0.39, 0.29) is 11.5 Å². The van der Waals surface area contributed by atoms with Crippen LogP contribution in [-0.4, -0.2) is 61.6 Å². The maximum atomic E-state index is 13.2. The van der Waals surface area contributed by atoms with E-state index in [2.05, 4.69) is 25.3 Å². The summed E-state index contributed by atoms with van der Waals surface area (Å²) in [5, 5.41) is 8.00. The van der Waals surface area contributed by atoms with Crippen molar-refractivity contribution >= 4 is 28.6 Å². The first kappa shape index (κ1) is 21.8. The van der Waals surface area contributed by atoms with E-state index in [1.807, 2.05) is 32.6 Å². The van der Waals surface area contributed by atoms with Gasteiger partial charge in [0.05, 0.1) is 27.7 Å². The second-order valence-corrected chi connectivity index (χ2v) is 9.94. The van der Waals surface area contributed by atoms with E-state index in [0.29, 0.717) is 34.2 Å². The van der Waals surface area contributed by atoms with E-state index >= 15 is 0 Å². The predicted octanol–water partition coefficient (Wildman–Crippen LogP) is 2.55. The molecule has 1 aliphatic heterocycles. The SMILES string of the molecule is Cc1nc(CN2CCN(C(=O)c3sc(-c4c(C)c(C)nn(C)c4=O)nc3C)CC2)cs1. The van der Waals surface area contributed by atoms with Gasteiger partial charge < -0.3 is 4.90 Å². The number of hydrogen-bond donors (Lipinski definition) is 0. The minimum Gasteiger partial charge on any atom is -0.335 e. The lowest BCUT2D eigenvalue weighted by Crippen LogP contribution is -2.48. The molecule has 0 bridgehead atoms. The van der Waals surface area contributed by atoms with E-state index in [9.17, 15) is 9.59 Å². The lowest BCUT2D eigenvalue weighted by molar-refractivity contribution is 0.0631. The van der Waals surface area contributed by atoms with E-state index in [1.165, 1.54) is 16.0 Å². The van der Waals surface area contributed by atoms with Gasteiger partial charge in [-0.3, -0.25) is 14.5 Å². The Bertz CT molecular complexity index is 1190. The summed E-state index contributed by atoms with van der Waals surface area (Å²) in [4.78, 5) is 39.8. The van der Waals surface area contributed by atoms with Crippen LogP contribution < -0.4 is 5.56 Å². The first-order chi connectivity index (χ1) is 14.7. The zero-order chi connectivity index (χ0) is 22.3. The molecule has 164 valence electrons. The number of rotatable bonds is 4. The van der Waals surface area contributed by atoms with Crippen LogP contribution >= 0.6 is 22.7 Å². The highest BCUT2D eigenvalue weighted by molar-refractivity contribution is 7.17. The molecule has 8 nitrogen and oxygen atoms in total. The van der Waals surface area contributed by atoms with Crippen molar-refractivity contribution in [2.75, 3.05) is 26.2 Å². The third-order valence-electron chi connectivity index (χ3n) is 5.64. The van der Waals surface area contributed by atoms with Crippen LogP contribution in [0.15, 0.2) is 10.2 Å². The zero-order valence-electron chi connectivity index (χ0n) is 18.4. The molecule has 1 fully saturated rings. The molecular weight excluding hydrogens is 432 g/mol. The average Bonchev–Trinajstić information content (AvgIpc) is 3.32. The number of thiazole rings is 2. The van der Waals surface area contributed by atoms with Gasteiger partial charge in [0.2, 0.25) is 0 Å². The summed E-state index contributed by atoms with van der Waals surface area (Å²) < 4.78 is 1.33. The Hall–Kier alpha value is -2.43. The Kier molecular flexibility index (Phi) is 6.05. The van der Waals surface area contributed by atoms with Crippen molar-refractivity contribution in [1.29, 1.82) is 0 Å². The Morgan fingerprint density at radius 1 is 1.06 bits per heavy atom. The smallest absolute Gasteiger partial charge is 0.277 e. The molecule has 4 rings (SSSR count). The fourth-order valence-corrected chi connectivity index (χ4v) is 5.50. The van der Waals surface area contributed by atoms with Crippen molar-refractivity contribution in [3.63, 3.8) is 0 Å². The molecule has 0 aliphatic carbocycles. The number of piperazine rings is 1. The highest BCUT2D eigenvalue weighted by Gasteiger charge is 2.27. The molecule has 1 aliphatic rings. The summed E-state index contributed by atoms with van der Waals surface area (Å²) in [5.41, 5.74) is 3.69. The second kappa shape index (κ2) is 8.60. The van der Waals surface area contributed by atoms with Crippen LogP contribution in [0.5, 0.6) is 0 Å². The topological polar surface area (TPSA) is 84.2 Å². The lowest BCUT2D eigenvalue weighted by atomic mass is 10.1. The summed E-state index contributed by atoms with van der Waals surface area (Å²) in [7, 11) is 1.64. The predicted molar refractivity (Wildman–Crippen MR) is 123 cm³/mol. The van der Waals surface area contributed by atoms with Crippen LogP contribution in [-0.2, 0) is 13.6 Å². The van der Waals surface area contributed by atoms with E-state index in [1.54, 1.807) is 18.4 Å². The maximum Gasteiger partial charge on any atom is 0.277 e. The zero-order valence-corrected chi connectivity index (χ0v) is 20.1. The molecule has 0 spiro atoms. The van der Waals surface area contributed by atoms with Gasteiger partial charge in [0.15, 0.2) is 0 Å². The molecule has 31 heavy (non-hydrogen) atoms. The quantitative estimate of drug-likeness (QED) is 0.597. The van der Waals surface area contributed by atoms with Crippen LogP contribution in [0.25, 0.3) is 10.6 Å². The molecule has 0 N–H and O–H groups in total. The normalized spacial score (nSPS) is 14.9. The van der Waals surface area contributed by atoms with Crippen molar-refractivity contribution in [3.8, 4) is 10.6 Å². The van der Waals surface area contributed by atoms with Gasteiger partial charge in [0, 0.05) is 45.2 Å². The first-order valence-electron chi connectivity index (χ1n) is 10.2. The second-order valence-electron chi connectivity index (χ2n) is 7.87. The molecule has 1 saturated heterocycles. The maximum absolute atomic E-state index is 13.2. The van der Waals surface area contributed by atoms with Crippen LogP contribution in [0.4, 0.5) is 0 Å². The number of carbonyl (C=O) groups is 1. The Labute approximate surface area is 189 Å². The highest BCUT2D eigenvalue weighted by atomic mass is 32.1. The van der Waals surface area contributed by atoms with Gasteiger partial charge in [-0.15, -0.1) is 22.7 Å². The molecule has 0 radical (unpaired) electrons. The van der Waals surface area contributed by atoms with E-state index in [0.717, 1.165) is 41.6 Å². The van der Waals surface area contributed by atoms with Gasteiger partial charge in [0.25, 0.3) is 11.5 Å². The standard InChI is InChI=1S/C21H26N6O2S2/c1-12-13(2)24-25(5)20(28)17(12)19-22-14(3)18(31-19)21(29)27-8-6-26(7-9-27)10-16-11-30-15(4)23-16/h11H,6-10H2,1-5H3.